The van der Waals surface area contributed by atoms with Gasteiger partial charge in [-0.15, -0.1) is 11.3 Å². The predicted octanol–water partition coefficient (Wildman–Crippen LogP) is 4.06. The maximum Gasteiger partial charge on any atom is 0.284 e. The minimum atomic E-state index is -0.223. The van der Waals surface area contributed by atoms with Crippen LogP contribution in [0, 0.1) is 0 Å². The number of thiophene rings is 1. The van der Waals surface area contributed by atoms with E-state index in [0.717, 1.165) is 17.0 Å². The monoisotopic (exact) mass is 366 g/mol. The number of fused-ring (bicyclic) bond motifs is 1. The first kappa shape index (κ1) is 15.2. The molecule has 4 heterocycles. The normalized spacial score (nSPS) is 18.2. The Morgan fingerprint density at radius 2 is 2.08 bits per heavy atom. The van der Waals surface area contributed by atoms with E-state index in [1.54, 1.807) is 11.3 Å². The summed E-state index contributed by atoms with van der Waals surface area (Å²) >= 11 is 1.41. The third-order valence-electron chi connectivity index (χ3n) is 4.44. The second-order valence-electron chi connectivity index (χ2n) is 5.98. The van der Waals surface area contributed by atoms with Crippen molar-refractivity contribution in [3.8, 4) is 11.5 Å². The van der Waals surface area contributed by atoms with E-state index in [4.69, 9.17) is 13.9 Å². The van der Waals surface area contributed by atoms with Crippen LogP contribution in [0.1, 0.15) is 33.5 Å². The van der Waals surface area contributed by atoms with Gasteiger partial charge in [0.15, 0.2) is 11.5 Å². The van der Waals surface area contributed by atoms with E-state index in [2.05, 4.69) is 5.10 Å². The molecule has 1 atom stereocenters. The largest absolute Gasteiger partial charge is 0.463 e. The lowest BCUT2D eigenvalue weighted by Crippen LogP contribution is -2.26. The topological polar surface area (TPSA) is 64.3 Å². The van der Waals surface area contributed by atoms with Crippen molar-refractivity contribution in [1.82, 2.24) is 5.01 Å². The van der Waals surface area contributed by atoms with Gasteiger partial charge < -0.3 is 13.9 Å². The number of benzene rings is 1. The summed E-state index contributed by atoms with van der Waals surface area (Å²) in [5.74, 6) is 1.97. The maximum atomic E-state index is 13.0. The molecule has 1 amide bonds. The van der Waals surface area contributed by atoms with Crippen LogP contribution in [0.3, 0.4) is 0 Å². The fourth-order valence-corrected chi connectivity index (χ4v) is 3.84. The third-order valence-corrected chi connectivity index (χ3v) is 5.30. The van der Waals surface area contributed by atoms with Crippen molar-refractivity contribution >= 4 is 23.0 Å². The van der Waals surface area contributed by atoms with Crippen LogP contribution in [0.25, 0.3) is 0 Å². The number of carbonyl (C=O) groups excluding carboxylic acids is 1. The molecule has 3 aromatic rings. The Hall–Kier alpha value is -3.06. The van der Waals surface area contributed by atoms with Crippen LogP contribution in [-0.2, 0) is 0 Å². The zero-order chi connectivity index (χ0) is 17.5. The third kappa shape index (κ3) is 2.48. The van der Waals surface area contributed by atoms with Gasteiger partial charge in [0.25, 0.3) is 5.91 Å². The molecule has 1 aromatic carbocycles. The van der Waals surface area contributed by atoms with Crippen molar-refractivity contribution in [2.45, 2.75) is 12.5 Å². The van der Waals surface area contributed by atoms with E-state index in [1.807, 2.05) is 47.8 Å². The summed E-state index contributed by atoms with van der Waals surface area (Å²) < 4.78 is 16.4. The molecule has 6 nitrogen and oxygen atoms in total. The van der Waals surface area contributed by atoms with Crippen molar-refractivity contribution in [2.75, 3.05) is 6.79 Å². The molecule has 26 heavy (non-hydrogen) atoms. The predicted molar refractivity (Wildman–Crippen MR) is 95.7 cm³/mol. The van der Waals surface area contributed by atoms with Crippen molar-refractivity contribution in [3.05, 3.63) is 70.3 Å². The number of nitrogens with zero attached hydrogens (tertiary/aromatic N) is 2. The number of amides is 1. The molecule has 130 valence electrons. The van der Waals surface area contributed by atoms with Gasteiger partial charge in [0.05, 0.1) is 17.2 Å². The highest BCUT2D eigenvalue weighted by Gasteiger charge is 2.35. The lowest BCUT2D eigenvalue weighted by Gasteiger charge is -2.21. The first-order valence-electron chi connectivity index (χ1n) is 8.17. The molecule has 2 aliphatic rings. The summed E-state index contributed by atoms with van der Waals surface area (Å²) in [6.07, 6.45) is 2.18. The molecule has 0 saturated heterocycles. The van der Waals surface area contributed by atoms with Crippen LogP contribution in [-0.4, -0.2) is 23.4 Å². The summed E-state index contributed by atoms with van der Waals surface area (Å²) in [5, 5.41) is 8.01. The second kappa shape index (κ2) is 6.03. The molecule has 2 aromatic heterocycles. The number of hydrogen-bond donors (Lipinski definition) is 0. The molecule has 0 bridgehead atoms. The summed E-state index contributed by atoms with van der Waals surface area (Å²) in [5.41, 5.74) is 1.70. The summed E-state index contributed by atoms with van der Waals surface area (Å²) in [4.78, 5) is 13.6. The van der Waals surface area contributed by atoms with E-state index >= 15 is 0 Å². The molecule has 0 N–H and O–H groups in total. The van der Waals surface area contributed by atoms with Crippen LogP contribution >= 0.6 is 11.3 Å². The van der Waals surface area contributed by atoms with Gasteiger partial charge in [0.1, 0.15) is 11.5 Å². The number of hydrazone groups is 1. The summed E-state index contributed by atoms with van der Waals surface area (Å²) in [7, 11) is 0. The van der Waals surface area contributed by atoms with Gasteiger partial charge in [-0.2, -0.15) is 5.10 Å². The second-order valence-corrected chi connectivity index (χ2v) is 6.93. The Morgan fingerprint density at radius 3 is 2.88 bits per heavy atom. The molecular weight excluding hydrogens is 352 g/mol. The summed E-state index contributed by atoms with van der Waals surface area (Å²) in [6.45, 7) is 0.218. The van der Waals surface area contributed by atoms with Gasteiger partial charge in [-0.1, -0.05) is 12.1 Å². The fourth-order valence-electron chi connectivity index (χ4n) is 3.18. The highest BCUT2D eigenvalue weighted by atomic mass is 32.1. The molecule has 0 aliphatic carbocycles. The van der Waals surface area contributed by atoms with Crippen molar-refractivity contribution in [3.63, 3.8) is 0 Å². The molecule has 0 unspecified atom stereocenters. The first-order valence-corrected chi connectivity index (χ1v) is 9.05. The summed E-state index contributed by atoms with van der Waals surface area (Å²) in [6, 6.07) is 12.9. The minimum absolute atomic E-state index is 0.121. The van der Waals surface area contributed by atoms with E-state index in [9.17, 15) is 4.79 Å². The highest BCUT2D eigenvalue weighted by molar-refractivity contribution is 7.12. The molecule has 0 fully saturated rings. The lowest BCUT2D eigenvalue weighted by molar-refractivity contribution is 0.0716. The fraction of sp³-hybridized carbons (Fsp3) is 0.158. The number of furan rings is 1. The van der Waals surface area contributed by atoms with Crippen LogP contribution in [0.4, 0.5) is 0 Å². The number of hydrogen-bond acceptors (Lipinski definition) is 6. The maximum absolute atomic E-state index is 13.0. The quantitative estimate of drug-likeness (QED) is 0.701. The first-order chi connectivity index (χ1) is 12.8. The van der Waals surface area contributed by atoms with Gasteiger partial charge in [-0.25, -0.2) is 5.01 Å². The molecule has 7 heteroatoms. The number of ether oxygens (including phenoxy) is 2. The average Bonchev–Trinajstić information content (AvgIpc) is 3.47. The smallest absolute Gasteiger partial charge is 0.284 e. The number of carbonyl (C=O) groups is 1. The lowest BCUT2D eigenvalue weighted by atomic mass is 10.0. The van der Waals surface area contributed by atoms with Crippen LogP contribution < -0.4 is 9.47 Å². The number of rotatable bonds is 3. The van der Waals surface area contributed by atoms with Crippen LogP contribution in [0.5, 0.6) is 11.5 Å². The minimum Gasteiger partial charge on any atom is -0.463 e. The van der Waals surface area contributed by atoms with Gasteiger partial charge in [-0.3, -0.25) is 4.79 Å². The van der Waals surface area contributed by atoms with Gasteiger partial charge in [0, 0.05) is 6.42 Å². The van der Waals surface area contributed by atoms with E-state index in [-0.39, 0.29) is 18.7 Å². The molecule has 0 radical (unpaired) electrons. The molecular formula is C19H14N2O4S. The Balaban J connectivity index is 1.53. The zero-order valence-electron chi connectivity index (χ0n) is 13.6. The SMILES string of the molecule is O=C(c1cccs1)N1N=C(c2ccco2)C[C@@H]1c1ccc2c(c1)OCO2. The zero-order valence-corrected chi connectivity index (χ0v) is 14.4. The van der Waals surface area contributed by atoms with E-state index in [1.165, 1.54) is 11.3 Å². The van der Waals surface area contributed by atoms with Crippen molar-refractivity contribution < 1.29 is 18.7 Å². The van der Waals surface area contributed by atoms with Gasteiger partial charge in [-0.05, 0) is 41.3 Å². The van der Waals surface area contributed by atoms with Crippen LogP contribution in [0.15, 0.2) is 63.6 Å². The standard InChI is InChI=1S/C19H14N2O4S/c22-19(18-4-2-8-26-18)21-14(10-13(20-21)15-3-1-7-23-15)12-5-6-16-17(9-12)25-11-24-16/h1-9,14H,10-11H2/t14-/m1/s1. The Morgan fingerprint density at radius 1 is 1.15 bits per heavy atom. The molecule has 0 spiro atoms. The Labute approximate surface area is 153 Å². The van der Waals surface area contributed by atoms with Crippen molar-refractivity contribution in [2.24, 2.45) is 5.10 Å². The van der Waals surface area contributed by atoms with E-state index in [0.29, 0.717) is 22.8 Å². The van der Waals surface area contributed by atoms with Gasteiger partial charge in [0.2, 0.25) is 6.79 Å². The van der Waals surface area contributed by atoms with Gasteiger partial charge >= 0.3 is 0 Å². The molecule has 0 saturated carbocycles. The Kier molecular flexibility index (Phi) is 3.53. The van der Waals surface area contributed by atoms with Crippen molar-refractivity contribution in [1.29, 1.82) is 0 Å². The molecule has 5 rings (SSSR count). The Bertz CT molecular complexity index is 979. The molecule has 2 aliphatic heterocycles. The average molecular weight is 366 g/mol. The highest BCUT2D eigenvalue weighted by Crippen LogP contribution is 2.39. The van der Waals surface area contributed by atoms with E-state index < -0.39 is 0 Å². The van der Waals surface area contributed by atoms with Crippen LogP contribution in [0.2, 0.25) is 0 Å².